The lowest BCUT2D eigenvalue weighted by Crippen LogP contribution is -2.52. The first kappa shape index (κ1) is 26.4. The Bertz CT molecular complexity index is 1270. The van der Waals surface area contributed by atoms with Crippen molar-refractivity contribution in [1.29, 1.82) is 0 Å². The van der Waals surface area contributed by atoms with Gasteiger partial charge in [0.25, 0.3) is 0 Å². The lowest BCUT2D eigenvalue weighted by molar-refractivity contribution is -0.274. The highest BCUT2D eigenvalue weighted by molar-refractivity contribution is 5.83. The number of aromatic amines is 1. The lowest BCUT2D eigenvalue weighted by atomic mass is 9.60. The van der Waals surface area contributed by atoms with Gasteiger partial charge in [0.1, 0.15) is 11.6 Å². The minimum atomic E-state index is -4.75. The third kappa shape index (κ3) is 5.94. The van der Waals surface area contributed by atoms with Crippen molar-refractivity contribution in [3.63, 3.8) is 0 Å². The van der Waals surface area contributed by atoms with E-state index >= 15 is 0 Å². The number of fused-ring (bicyclic) bond motifs is 1. The number of imidazole rings is 1. The number of halogens is 3. The van der Waals surface area contributed by atoms with Gasteiger partial charge in [-0.1, -0.05) is 0 Å². The quantitative estimate of drug-likeness (QED) is 0.363. The Kier molecular flexibility index (Phi) is 7.32. The van der Waals surface area contributed by atoms with Crippen molar-refractivity contribution in [3.8, 4) is 5.75 Å². The number of aldehydes is 1. The van der Waals surface area contributed by atoms with Crippen LogP contribution in [0, 0.1) is 11.3 Å². The van der Waals surface area contributed by atoms with Crippen LogP contribution in [-0.4, -0.2) is 65.9 Å². The summed E-state index contributed by atoms with van der Waals surface area (Å²) >= 11 is 0. The van der Waals surface area contributed by atoms with Crippen molar-refractivity contribution < 1.29 is 27.4 Å². The Labute approximate surface area is 218 Å². The summed E-state index contributed by atoms with van der Waals surface area (Å²) in [5.41, 5.74) is 9.39. The fraction of sp³-hybridized carbons (Fsp3) is 0.519. The summed E-state index contributed by atoms with van der Waals surface area (Å²) in [4.78, 5) is 25.6. The summed E-state index contributed by atoms with van der Waals surface area (Å²) in [5.74, 6) is 2.08. The number of alkyl halides is 3. The van der Waals surface area contributed by atoms with Gasteiger partial charge < -0.3 is 25.1 Å². The van der Waals surface area contributed by atoms with E-state index in [1.54, 1.807) is 0 Å². The number of nitrogen functional groups attached to an aromatic ring is 1. The van der Waals surface area contributed by atoms with Gasteiger partial charge in [-0.25, -0.2) is 9.97 Å². The molecule has 6 rings (SSSR count). The third-order valence-corrected chi connectivity index (χ3v) is 7.79. The number of rotatable bonds is 5. The zero-order chi connectivity index (χ0) is 26.9. The number of piperidine rings is 1. The first-order chi connectivity index (χ1) is 18.1. The Balaban J connectivity index is 0.000000181. The molecule has 3 fully saturated rings. The summed E-state index contributed by atoms with van der Waals surface area (Å²) in [7, 11) is 2.21. The molecule has 0 radical (unpaired) electrons. The summed E-state index contributed by atoms with van der Waals surface area (Å²) in [5, 5.41) is 0. The van der Waals surface area contributed by atoms with Gasteiger partial charge in [0.15, 0.2) is 11.9 Å². The molecule has 0 atom stereocenters. The van der Waals surface area contributed by atoms with Gasteiger partial charge in [0.05, 0.1) is 18.7 Å². The zero-order valence-corrected chi connectivity index (χ0v) is 21.3. The van der Waals surface area contributed by atoms with Crippen LogP contribution in [0.15, 0.2) is 30.5 Å². The predicted molar refractivity (Wildman–Crippen MR) is 136 cm³/mol. The largest absolute Gasteiger partial charge is 0.573 e. The number of hydrogen-bond acceptors (Lipinski definition) is 7. The molecule has 2 aromatic heterocycles. The van der Waals surface area contributed by atoms with Crippen LogP contribution in [0.4, 0.5) is 18.9 Å². The van der Waals surface area contributed by atoms with Crippen molar-refractivity contribution in [2.45, 2.75) is 44.4 Å². The van der Waals surface area contributed by atoms with E-state index < -0.39 is 12.1 Å². The second-order valence-electron chi connectivity index (χ2n) is 10.8. The Hall–Kier alpha value is -3.18. The highest BCUT2D eigenvalue weighted by atomic mass is 19.4. The Morgan fingerprint density at radius 3 is 2.58 bits per heavy atom. The van der Waals surface area contributed by atoms with Gasteiger partial charge in [0.2, 0.25) is 0 Å². The first-order valence-corrected chi connectivity index (χ1v) is 12.8. The van der Waals surface area contributed by atoms with Gasteiger partial charge in [-0.15, -0.1) is 13.2 Å². The van der Waals surface area contributed by atoms with Crippen LogP contribution in [0.1, 0.15) is 53.3 Å². The molecule has 3 aromatic rings. The van der Waals surface area contributed by atoms with E-state index in [1.807, 2.05) is 6.20 Å². The highest BCUT2D eigenvalue weighted by Gasteiger charge is 2.49. The molecular formula is C27H32F3N5O3. The van der Waals surface area contributed by atoms with Crippen molar-refractivity contribution in [1.82, 2.24) is 19.9 Å². The topological polar surface area (TPSA) is 106 Å². The molecule has 4 heterocycles. The molecule has 204 valence electrons. The monoisotopic (exact) mass is 531 g/mol. The van der Waals surface area contributed by atoms with Crippen LogP contribution >= 0.6 is 0 Å². The molecular weight excluding hydrogens is 499 g/mol. The van der Waals surface area contributed by atoms with E-state index in [-0.39, 0.29) is 11.3 Å². The third-order valence-electron chi connectivity index (χ3n) is 7.79. The molecule has 38 heavy (non-hydrogen) atoms. The van der Waals surface area contributed by atoms with Crippen LogP contribution in [0.2, 0.25) is 0 Å². The van der Waals surface area contributed by atoms with Crippen LogP contribution in [0.3, 0.4) is 0 Å². The number of anilines is 1. The molecule has 8 nitrogen and oxygen atoms in total. The molecule has 3 aliphatic rings. The molecule has 1 saturated carbocycles. The highest BCUT2D eigenvalue weighted by Crippen LogP contribution is 2.51. The summed E-state index contributed by atoms with van der Waals surface area (Å²) in [6.07, 6.45) is 3.76. The standard InChI is InChI=1S/C19H26N4O.C8H6F3NO2/c1-23-6-3-14(4-7-23)15-2-5-20-18-17(15)21-16(22-18)8-13-9-19(10-13)11-24-12-19;9-8(10,11)14-6-2-1-5(4-13)7(12)3-6/h2,5,13-14H,3-4,6-12H2,1H3,(H,20,21,22);1-4H,12H2. The van der Waals surface area contributed by atoms with Crippen LogP contribution < -0.4 is 10.5 Å². The number of hydrogen-bond donors (Lipinski definition) is 2. The van der Waals surface area contributed by atoms with E-state index in [0.29, 0.717) is 17.6 Å². The maximum absolute atomic E-state index is 11.7. The molecule has 11 heteroatoms. The number of ether oxygens (including phenoxy) is 2. The van der Waals surface area contributed by atoms with E-state index in [1.165, 1.54) is 49.9 Å². The number of H-pyrrole nitrogens is 1. The minimum Gasteiger partial charge on any atom is -0.406 e. The first-order valence-electron chi connectivity index (χ1n) is 12.8. The fourth-order valence-corrected chi connectivity index (χ4v) is 5.80. The SMILES string of the molecule is CN1CCC(c2ccnc3nc(CC4CC5(COC5)C4)[nH]c23)CC1.Nc1cc(OC(F)(F)F)ccc1C=O. The average Bonchev–Trinajstić information content (AvgIpc) is 3.23. The summed E-state index contributed by atoms with van der Waals surface area (Å²) in [6, 6.07) is 5.32. The zero-order valence-electron chi connectivity index (χ0n) is 21.3. The summed E-state index contributed by atoms with van der Waals surface area (Å²) in [6.45, 7) is 4.32. The second kappa shape index (κ2) is 10.5. The fourth-order valence-electron chi connectivity index (χ4n) is 5.80. The van der Waals surface area contributed by atoms with E-state index in [0.717, 1.165) is 55.2 Å². The van der Waals surface area contributed by atoms with Crippen LogP contribution in [0.25, 0.3) is 11.2 Å². The van der Waals surface area contributed by atoms with Crippen molar-refractivity contribution in [2.24, 2.45) is 11.3 Å². The number of nitrogens with two attached hydrogens (primary N) is 1. The molecule has 0 amide bonds. The van der Waals surface area contributed by atoms with Crippen LogP contribution in [0.5, 0.6) is 5.75 Å². The minimum absolute atomic E-state index is 0.0539. The molecule has 3 N–H and O–H groups in total. The molecule has 1 spiro atoms. The number of carbonyl (C=O) groups is 1. The lowest BCUT2D eigenvalue weighted by Gasteiger charge is -2.53. The van der Waals surface area contributed by atoms with Crippen molar-refractivity contribution >= 4 is 23.1 Å². The number of pyridine rings is 1. The average molecular weight is 532 g/mol. The van der Waals surface area contributed by atoms with Gasteiger partial charge >= 0.3 is 6.36 Å². The molecule has 1 aliphatic carbocycles. The number of nitrogens with zero attached hydrogens (tertiary/aromatic N) is 3. The molecule has 0 bridgehead atoms. The van der Waals surface area contributed by atoms with Crippen LogP contribution in [-0.2, 0) is 11.2 Å². The van der Waals surface area contributed by atoms with E-state index in [4.69, 9.17) is 15.5 Å². The Morgan fingerprint density at radius 2 is 1.97 bits per heavy atom. The second-order valence-corrected chi connectivity index (χ2v) is 10.8. The maximum Gasteiger partial charge on any atom is 0.573 e. The number of carbonyl (C=O) groups excluding carboxylic acids is 1. The molecule has 1 aromatic carbocycles. The smallest absolute Gasteiger partial charge is 0.406 e. The number of nitrogens with one attached hydrogen (secondary N) is 1. The summed E-state index contributed by atoms with van der Waals surface area (Å²) < 4.78 is 44.1. The Morgan fingerprint density at radius 1 is 1.24 bits per heavy atom. The normalized spacial score (nSPS) is 19.9. The van der Waals surface area contributed by atoms with Gasteiger partial charge in [-0.3, -0.25) is 4.79 Å². The molecule has 2 saturated heterocycles. The number of likely N-dealkylation sites (tertiary alicyclic amines) is 1. The van der Waals surface area contributed by atoms with E-state index in [2.05, 4.69) is 32.7 Å². The van der Waals surface area contributed by atoms with E-state index in [9.17, 15) is 18.0 Å². The van der Waals surface area contributed by atoms with Crippen molar-refractivity contribution in [3.05, 3.63) is 47.4 Å². The predicted octanol–water partition coefficient (Wildman–Crippen LogP) is 4.72. The number of aromatic nitrogens is 3. The maximum atomic E-state index is 11.7. The molecule has 0 unspecified atom stereocenters. The number of benzene rings is 1. The van der Waals surface area contributed by atoms with Gasteiger partial charge in [-0.2, -0.15) is 0 Å². The molecule has 2 aliphatic heterocycles. The van der Waals surface area contributed by atoms with Crippen molar-refractivity contribution in [2.75, 3.05) is 39.1 Å². The van der Waals surface area contributed by atoms with Gasteiger partial charge in [-0.05, 0) is 81.4 Å². The van der Waals surface area contributed by atoms with Gasteiger partial charge in [0, 0.05) is 35.3 Å².